The summed E-state index contributed by atoms with van der Waals surface area (Å²) in [4.78, 5) is 15.6. The van der Waals surface area contributed by atoms with Crippen molar-refractivity contribution < 1.29 is 4.42 Å². The Labute approximate surface area is 135 Å². The minimum Gasteiger partial charge on any atom is -0.423 e. The SMILES string of the molecule is CCCc1cc(=O)oc2cc(N3CCCC3C)c(SC)cc12. The Morgan fingerprint density at radius 2 is 2.18 bits per heavy atom. The monoisotopic (exact) mass is 317 g/mol. The summed E-state index contributed by atoms with van der Waals surface area (Å²) in [6, 6.07) is 6.47. The molecule has 3 nitrogen and oxygen atoms in total. The van der Waals surface area contributed by atoms with Crippen molar-refractivity contribution in [3.8, 4) is 0 Å². The Balaban J connectivity index is 2.20. The Kier molecular flexibility index (Phi) is 4.48. The number of rotatable bonds is 4. The van der Waals surface area contributed by atoms with Gasteiger partial charge in [-0.1, -0.05) is 13.3 Å². The van der Waals surface area contributed by atoms with Crippen LogP contribution in [0.2, 0.25) is 0 Å². The third kappa shape index (κ3) is 2.76. The zero-order valence-electron chi connectivity index (χ0n) is 13.5. The number of benzene rings is 1. The molecule has 0 N–H and O–H groups in total. The molecule has 118 valence electrons. The van der Waals surface area contributed by atoms with E-state index in [-0.39, 0.29) is 5.63 Å². The second-order valence-corrected chi connectivity index (χ2v) is 6.89. The molecule has 0 spiro atoms. The zero-order valence-corrected chi connectivity index (χ0v) is 14.3. The van der Waals surface area contributed by atoms with Gasteiger partial charge < -0.3 is 9.32 Å². The minimum atomic E-state index is -0.242. The molecule has 22 heavy (non-hydrogen) atoms. The predicted octanol–water partition coefficient (Wildman–Crippen LogP) is 4.46. The van der Waals surface area contributed by atoms with E-state index in [1.54, 1.807) is 17.8 Å². The minimum absolute atomic E-state index is 0.242. The third-order valence-corrected chi connectivity index (χ3v) is 5.28. The Bertz CT molecular complexity index is 738. The van der Waals surface area contributed by atoms with Gasteiger partial charge in [0, 0.05) is 35.0 Å². The normalized spacial score (nSPS) is 18.3. The van der Waals surface area contributed by atoms with Crippen molar-refractivity contribution in [2.75, 3.05) is 17.7 Å². The predicted molar refractivity (Wildman–Crippen MR) is 94.3 cm³/mol. The van der Waals surface area contributed by atoms with Gasteiger partial charge in [0.05, 0.1) is 5.69 Å². The molecule has 0 saturated carbocycles. The van der Waals surface area contributed by atoms with Crippen LogP contribution in [0, 0.1) is 0 Å². The highest BCUT2D eigenvalue weighted by Gasteiger charge is 2.23. The van der Waals surface area contributed by atoms with Crippen molar-refractivity contribution in [3.63, 3.8) is 0 Å². The molecule has 2 aromatic rings. The quantitative estimate of drug-likeness (QED) is 0.616. The largest absolute Gasteiger partial charge is 0.423 e. The molecule has 1 fully saturated rings. The fourth-order valence-electron chi connectivity index (χ4n) is 3.40. The molecule has 1 unspecified atom stereocenters. The molecule has 1 aromatic carbocycles. The number of nitrogens with zero attached hydrogens (tertiary/aromatic N) is 1. The Hall–Kier alpha value is -1.42. The molecular formula is C18H23NO2S. The Morgan fingerprint density at radius 1 is 1.36 bits per heavy atom. The number of hydrogen-bond acceptors (Lipinski definition) is 4. The van der Waals surface area contributed by atoms with E-state index >= 15 is 0 Å². The molecule has 0 amide bonds. The summed E-state index contributed by atoms with van der Waals surface area (Å²) in [5.41, 5.74) is 2.79. The van der Waals surface area contributed by atoms with E-state index in [1.807, 2.05) is 0 Å². The highest BCUT2D eigenvalue weighted by Crippen LogP contribution is 2.37. The lowest BCUT2D eigenvalue weighted by molar-refractivity contribution is 0.558. The van der Waals surface area contributed by atoms with Crippen LogP contribution < -0.4 is 10.5 Å². The molecular weight excluding hydrogens is 294 g/mol. The summed E-state index contributed by atoms with van der Waals surface area (Å²) in [6.07, 6.45) is 6.51. The van der Waals surface area contributed by atoms with E-state index in [0.29, 0.717) is 6.04 Å². The summed E-state index contributed by atoms with van der Waals surface area (Å²) < 4.78 is 5.49. The van der Waals surface area contributed by atoms with Crippen LogP contribution in [0.25, 0.3) is 11.0 Å². The lowest BCUT2D eigenvalue weighted by atomic mass is 10.1. The summed E-state index contributed by atoms with van der Waals surface area (Å²) in [7, 11) is 0. The van der Waals surface area contributed by atoms with Gasteiger partial charge in [0.1, 0.15) is 5.58 Å². The van der Waals surface area contributed by atoms with Gasteiger partial charge in [0.2, 0.25) is 0 Å². The van der Waals surface area contributed by atoms with E-state index in [4.69, 9.17) is 4.42 Å². The summed E-state index contributed by atoms with van der Waals surface area (Å²) in [5, 5.41) is 1.08. The van der Waals surface area contributed by atoms with Gasteiger partial charge in [0.25, 0.3) is 0 Å². The molecule has 4 heteroatoms. The fraction of sp³-hybridized carbons (Fsp3) is 0.500. The van der Waals surface area contributed by atoms with Gasteiger partial charge in [-0.25, -0.2) is 4.79 Å². The first kappa shape index (κ1) is 15.5. The summed E-state index contributed by atoms with van der Waals surface area (Å²) in [6.45, 7) is 5.49. The lowest BCUT2D eigenvalue weighted by Crippen LogP contribution is -2.26. The third-order valence-electron chi connectivity index (χ3n) is 4.51. The van der Waals surface area contributed by atoms with Crippen LogP contribution in [0.4, 0.5) is 5.69 Å². The fourth-order valence-corrected chi connectivity index (χ4v) is 4.02. The first-order chi connectivity index (χ1) is 10.6. The lowest BCUT2D eigenvalue weighted by Gasteiger charge is -2.26. The Morgan fingerprint density at radius 3 is 2.82 bits per heavy atom. The van der Waals surface area contributed by atoms with Crippen molar-refractivity contribution in [2.45, 2.75) is 50.5 Å². The smallest absolute Gasteiger partial charge is 0.336 e. The van der Waals surface area contributed by atoms with E-state index in [9.17, 15) is 4.79 Å². The van der Waals surface area contributed by atoms with Crippen molar-refractivity contribution in [1.29, 1.82) is 0 Å². The van der Waals surface area contributed by atoms with Crippen LogP contribution in [0.1, 0.15) is 38.7 Å². The average molecular weight is 317 g/mol. The number of anilines is 1. The molecule has 1 aromatic heterocycles. The van der Waals surface area contributed by atoms with Crippen LogP contribution in [-0.4, -0.2) is 18.8 Å². The number of hydrogen-bond donors (Lipinski definition) is 0. The summed E-state index contributed by atoms with van der Waals surface area (Å²) in [5.74, 6) is 0. The van der Waals surface area contributed by atoms with Gasteiger partial charge in [-0.2, -0.15) is 0 Å². The van der Waals surface area contributed by atoms with E-state index in [1.165, 1.54) is 23.4 Å². The molecule has 3 rings (SSSR count). The van der Waals surface area contributed by atoms with Crippen LogP contribution in [0.3, 0.4) is 0 Å². The maximum atomic E-state index is 11.8. The van der Waals surface area contributed by atoms with Gasteiger partial charge >= 0.3 is 5.63 Å². The molecule has 1 atom stereocenters. The van der Waals surface area contributed by atoms with Crippen LogP contribution in [-0.2, 0) is 6.42 Å². The van der Waals surface area contributed by atoms with Crippen molar-refractivity contribution in [2.24, 2.45) is 0 Å². The van der Waals surface area contributed by atoms with Crippen LogP contribution in [0.15, 0.2) is 32.3 Å². The van der Waals surface area contributed by atoms with Gasteiger partial charge in [0.15, 0.2) is 0 Å². The van der Waals surface area contributed by atoms with Gasteiger partial charge in [-0.15, -0.1) is 11.8 Å². The van der Waals surface area contributed by atoms with E-state index in [0.717, 1.165) is 35.9 Å². The molecule has 1 aliphatic rings. The highest BCUT2D eigenvalue weighted by atomic mass is 32.2. The van der Waals surface area contributed by atoms with E-state index in [2.05, 4.69) is 37.1 Å². The van der Waals surface area contributed by atoms with Crippen molar-refractivity contribution in [3.05, 3.63) is 34.2 Å². The molecule has 0 aliphatic carbocycles. The molecule has 1 saturated heterocycles. The second-order valence-electron chi connectivity index (χ2n) is 6.05. The second kappa shape index (κ2) is 6.37. The number of fused-ring (bicyclic) bond motifs is 1. The van der Waals surface area contributed by atoms with Crippen LogP contribution in [0.5, 0.6) is 0 Å². The zero-order chi connectivity index (χ0) is 15.7. The molecule has 2 heterocycles. The maximum Gasteiger partial charge on any atom is 0.336 e. The number of aryl methyl sites for hydroxylation is 1. The summed E-state index contributed by atoms with van der Waals surface area (Å²) >= 11 is 1.77. The standard InChI is InChI=1S/C18H23NO2S/c1-4-6-13-9-18(20)21-16-11-15(17(22-3)10-14(13)16)19-8-5-7-12(19)2/h9-12H,4-8H2,1-3H3. The van der Waals surface area contributed by atoms with Crippen LogP contribution >= 0.6 is 11.8 Å². The van der Waals surface area contributed by atoms with Crippen molar-refractivity contribution in [1.82, 2.24) is 0 Å². The van der Waals surface area contributed by atoms with Crippen molar-refractivity contribution >= 4 is 28.4 Å². The topological polar surface area (TPSA) is 33.5 Å². The van der Waals surface area contributed by atoms with Gasteiger partial charge in [-0.05, 0) is 44.1 Å². The number of thioether (sulfide) groups is 1. The van der Waals surface area contributed by atoms with Gasteiger partial charge in [-0.3, -0.25) is 0 Å². The molecule has 0 bridgehead atoms. The molecule has 0 radical (unpaired) electrons. The average Bonchev–Trinajstić information content (AvgIpc) is 2.92. The highest BCUT2D eigenvalue weighted by molar-refractivity contribution is 7.98. The first-order valence-corrected chi connectivity index (χ1v) is 9.28. The maximum absolute atomic E-state index is 11.8. The first-order valence-electron chi connectivity index (χ1n) is 8.05. The van der Waals surface area contributed by atoms with E-state index < -0.39 is 0 Å². The molecule has 1 aliphatic heterocycles.